The van der Waals surface area contributed by atoms with Crippen molar-refractivity contribution < 1.29 is 28.4 Å². The highest BCUT2D eigenvalue weighted by Gasteiger charge is 2.20. The molecule has 16 nitrogen and oxygen atoms in total. The van der Waals surface area contributed by atoms with Gasteiger partial charge in [0, 0.05) is 22.9 Å². The first-order valence-corrected chi connectivity index (χ1v) is 21.9. The summed E-state index contributed by atoms with van der Waals surface area (Å²) in [6.07, 6.45) is 6.96. The summed E-state index contributed by atoms with van der Waals surface area (Å²) in [5.41, 5.74) is 11.5. The van der Waals surface area contributed by atoms with E-state index in [-0.39, 0.29) is 5.49 Å². The molecule has 4 heterocycles. The van der Waals surface area contributed by atoms with Gasteiger partial charge in [0.05, 0.1) is 49.0 Å². The molecule has 4 aromatic carbocycles. The highest BCUT2D eigenvalue weighted by molar-refractivity contribution is 7.99. The van der Waals surface area contributed by atoms with Crippen LogP contribution in [0.3, 0.4) is 0 Å². The summed E-state index contributed by atoms with van der Waals surface area (Å²) in [6.45, 7) is 1.51. The van der Waals surface area contributed by atoms with Crippen molar-refractivity contribution >= 4 is 51.7 Å². The molecule has 0 unspecified atom stereocenters. The standard InChI is InChI=1S/2C23H25N5O3S/c1-29-17-12-16(13-18(30-2)20(17)31-3)32-23-26-19-21(24)25-14-28(22(19)27-23)11-7-10-15-8-5-4-6-9-15;1-29-17-12-16(13-18(30-2)20(17)31-3)32-23-27-19-21(24)25-14-26-22(19)28(23)11-7-10-15-8-5-4-6-9-15/h4-6,8-9,12-14,24H,7,10-11H2,1-3H3,(H,26,27);4-6,8-9,12-14H,7,10-11H2,1-3H3,(H2,24,25,26). The van der Waals surface area contributed by atoms with E-state index in [1.165, 1.54) is 41.0 Å². The van der Waals surface area contributed by atoms with Crippen LogP contribution in [0.15, 0.2) is 118 Å². The van der Waals surface area contributed by atoms with E-state index in [4.69, 9.17) is 49.5 Å². The molecule has 0 radical (unpaired) electrons. The Morgan fingerprint density at radius 3 is 1.69 bits per heavy atom. The molecule has 8 rings (SSSR count). The molecule has 0 aliphatic carbocycles. The number of hydrogen-bond donors (Lipinski definition) is 3. The van der Waals surface area contributed by atoms with E-state index in [9.17, 15) is 0 Å². The van der Waals surface area contributed by atoms with Crippen LogP contribution in [0, 0.1) is 5.41 Å². The van der Waals surface area contributed by atoms with Gasteiger partial charge in [0.15, 0.2) is 61.4 Å². The number of imidazole rings is 2. The summed E-state index contributed by atoms with van der Waals surface area (Å²) >= 11 is 2.91. The lowest BCUT2D eigenvalue weighted by molar-refractivity contribution is 0.323. The van der Waals surface area contributed by atoms with Crippen LogP contribution in [0.2, 0.25) is 0 Å². The maximum absolute atomic E-state index is 8.18. The molecular formula is C46H50N10O6S2. The number of nitrogens with one attached hydrogen (secondary N) is 2. The van der Waals surface area contributed by atoms with Crippen molar-refractivity contribution in [3.8, 4) is 34.5 Å². The van der Waals surface area contributed by atoms with Crippen LogP contribution < -0.4 is 39.6 Å². The molecule has 8 aromatic rings. The number of fused-ring (bicyclic) bond motifs is 2. The maximum atomic E-state index is 8.18. The van der Waals surface area contributed by atoms with Gasteiger partial charge in [0.2, 0.25) is 11.5 Å². The fourth-order valence-corrected chi connectivity index (χ4v) is 8.83. The SMILES string of the molecule is COc1cc(Sc2nc3c(N)ncnc3n2CCCc2ccccc2)cc(OC)c1OC.COc1cc(Sc2nc3c([nH]2)c(=N)ncn3CCCc2ccccc2)cc(OC)c1OC. The molecular weight excluding hydrogens is 853 g/mol. The number of nitrogen functional groups attached to an aromatic ring is 1. The van der Waals surface area contributed by atoms with Gasteiger partial charge in [0.25, 0.3) is 0 Å². The van der Waals surface area contributed by atoms with E-state index in [1.807, 2.05) is 41.0 Å². The number of rotatable bonds is 18. The molecule has 0 amide bonds. The van der Waals surface area contributed by atoms with Gasteiger partial charge in [-0.1, -0.05) is 84.2 Å². The zero-order valence-electron chi connectivity index (χ0n) is 36.5. The Bertz CT molecular complexity index is 2820. The molecule has 0 aliphatic heterocycles. The number of aromatic amines is 1. The number of nitrogens with two attached hydrogens (primary N) is 1. The second kappa shape index (κ2) is 21.4. The number of anilines is 1. The van der Waals surface area contributed by atoms with Gasteiger partial charge < -0.3 is 48.3 Å². The summed E-state index contributed by atoms with van der Waals surface area (Å²) < 4.78 is 36.8. The fraction of sp³-hybridized carbons (Fsp3) is 0.261. The lowest BCUT2D eigenvalue weighted by Crippen LogP contribution is -2.13. The van der Waals surface area contributed by atoms with Crippen LogP contribution in [-0.2, 0) is 25.9 Å². The summed E-state index contributed by atoms with van der Waals surface area (Å²) in [5.74, 6) is 3.77. The molecule has 4 N–H and O–H groups in total. The maximum Gasteiger partial charge on any atom is 0.203 e. The lowest BCUT2D eigenvalue weighted by atomic mass is 10.1. The highest BCUT2D eigenvalue weighted by atomic mass is 32.2. The molecule has 0 spiro atoms. The molecule has 64 heavy (non-hydrogen) atoms. The van der Waals surface area contributed by atoms with Gasteiger partial charge >= 0.3 is 0 Å². The van der Waals surface area contributed by atoms with Crippen molar-refractivity contribution in [3.05, 3.63) is 114 Å². The predicted molar refractivity (Wildman–Crippen MR) is 247 cm³/mol. The Labute approximate surface area is 379 Å². The number of aryl methyl sites for hydroxylation is 4. The minimum absolute atomic E-state index is 0.170. The van der Waals surface area contributed by atoms with E-state index in [0.29, 0.717) is 62.2 Å². The molecule has 18 heteroatoms. The quantitative estimate of drug-likeness (QED) is 0.0744. The number of nitrogens with zero attached hydrogens (tertiary/aromatic N) is 7. The zero-order valence-corrected chi connectivity index (χ0v) is 38.1. The molecule has 4 aromatic heterocycles. The number of hydrogen-bond acceptors (Lipinski definition) is 15. The third-order valence-corrected chi connectivity index (χ3v) is 11.9. The van der Waals surface area contributed by atoms with Crippen molar-refractivity contribution in [1.82, 2.24) is 39.0 Å². The third kappa shape index (κ3) is 10.5. The molecule has 0 saturated heterocycles. The van der Waals surface area contributed by atoms with Gasteiger partial charge in [-0.2, -0.15) is 0 Å². The smallest absolute Gasteiger partial charge is 0.203 e. The van der Waals surface area contributed by atoms with E-state index >= 15 is 0 Å². The van der Waals surface area contributed by atoms with E-state index in [2.05, 4.69) is 73.0 Å². The summed E-state index contributed by atoms with van der Waals surface area (Å²) in [4.78, 5) is 27.3. The molecule has 0 saturated carbocycles. The minimum atomic E-state index is 0.170. The number of aromatic nitrogens is 8. The summed E-state index contributed by atoms with van der Waals surface area (Å²) in [7, 11) is 9.53. The van der Waals surface area contributed by atoms with Crippen LogP contribution >= 0.6 is 23.5 Å². The number of H-pyrrole nitrogens is 1. The Morgan fingerprint density at radius 1 is 0.625 bits per heavy atom. The Balaban J connectivity index is 0.000000191. The van der Waals surface area contributed by atoms with Gasteiger partial charge in [-0.15, -0.1) is 0 Å². The normalized spacial score (nSPS) is 11.0. The molecule has 0 atom stereocenters. The molecule has 0 fully saturated rings. The Kier molecular flexibility index (Phi) is 15.1. The van der Waals surface area contributed by atoms with Gasteiger partial charge in [-0.3, -0.25) is 5.41 Å². The fourth-order valence-electron chi connectivity index (χ4n) is 7.02. The average Bonchev–Trinajstić information content (AvgIpc) is 3.92. The van der Waals surface area contributed by atoms with Crippen LogP contribution in [0.1, 0.15) is 24.0 Å². The minimum Gasteiger partial charge on any atom is -0.493 e. The average molecular weight is 903 g/mol. The van der Waals surface area contributed by atoms with Crippen molar-refractivity contribution in [2.75, 3.05) is 48.4 Å². The van der Waals surface area contributed by atoms with Gasteiger partial charge in [-0.05, 0) is 61.1 Å². The Morgan fingerprint density at radius 2 is 1.16 bits per heavy atom. The second-order valence-electron chi connectivity index (χ2n) is 14.1. The number of benzene rings is 4. The molecule has 0 aliphatic rings. The third-order valence-electron chi connectivity index (χ3n) is 10.1. The highest BCUT2D eigenvalue weighted by Crippen LogP contribution is 2.44. The number of ether oxygens (including phenoxy) is 6. The van der Waals surface area contributed by atoms with Crippen molar-refractivity contribution in [3.63, 3.8) is 0 Å². The van der Waals surface area contributed by atoms with Crippen LogP contribution in [-0.4, -0.2) is 81.7 Å². The van der Waals surface area contributed by atoms with Gasteiger partial charge in [-0.25, -0.2) is 24.9 Å². The van der Waals surface area contributed by atoms with Crippen LogP contribution in [0.5, 0.6) is 34.5 Å². The first-order valence-electron chi connectivity index (χ1n) is 20.3. The van der Waals surface area contributed by atoms with Crippen molar-refractivity contribution in [1.29, 1.82) is 5.41 Å². The van der Waals surface area contributed by atoms with E-state index in [0.717, 1.165) is 59.4 Å². The number of methoxy groups -OCH3 is 6. The van der Waals surface area contributed by atoms with E-state index < -0.39 is 0 Å². The first kappa shape index (κ1) is 45.1. The molecule has 0 bridgehead atoms. The van der Waals surface area contributed by atoms with Gasteiger partial charge in [0.1, 0.15) is 11.8 Å². The van der Waals surface area contributed by atoms with Crippen LogP contribution in [0.4, 0.5) is 5.82 Å². The monoisotopic (exact) mass is 902 g/mol. The van der Waals surface area contributed by atoms with Crippen molar-refractivity contribution in [2.45, 2.75) is 58.9 Å². The van der Waals surface area contributed by atoms with Crippen molar-refractivity contribution in [2.24, 2.45) is 0 Å². The molecule has 332 valence electrons. The lowest BCUT2D eigenvalue weighted by Gasteiger charge is -2.14. The second-order valence-corrected chi connectivity index (χ2v) is 16.2. The predicted octanol–water partition coefficient (Wildman–Crippen LogP) is 8.27. The van der Waals surface area contributed by atoms with E-state index in [1.54, 1.807) is 49.0 Å². The largest absolute Gasteiger partial charge is 0.493 e. The first-order chi connectivity index (χ1) is 31.3. The zero-order chi connectivity index (χ0) is 45.0. The topological polar surface area (TPSA) is 195 Å². The summed E-state index contributed by atoms with van der Waals surface area (Å²) in [6, 6.07) is 28.3. The Hall–Kier alpha value is -6.92. The summed E-state index contributed by atoms with van der Waals surface area (Å²) in [5, 5.41) is 9.62. The van der Waals surface area contributed by atoms with Crippen LogP contribution in [0.25, 0.3) is 22.3 Å².